The predicted octanol–water partition coefficient (Wildman–Crippen LogP) is 5.77. The normalized spacial score (nSPS) is 15.5. The number of nitrogens with one attached hydrogen (secondary N) is 1. The van der Waals surface area contributed by atoms with E-state index in [0.29, 0.717) is 26.4 Å². The van der Waals surface area contributed by atoms with Gasteiger partial charge in [0.05, 0.1) is 28.3 Å². The first-order chi connectivity index (χ1) is 15.9. The lowest BCUT2D eigenvalue weighted by Gasteiger charge is -2.10. The number of aliphatic imine (C=N–C) groups is 1. The molecular weight excluding hydrogens is 460 g/mol. The van der Waals surface area contributed by atoms with Gasteiger partial charge in [-0.3, -0.25) is 4.79 Å². The van der Waals surface area contributed by atoms with Crippen molar-refractivity contribution in [2.24, 2.45) is 4.99 Å². The Labute approximate surface area is 200 Å². The molecule has 0 atom stereocenters. The second-order valence-corrected chi connectivity index (χ2v) is 8.54. The van der Waals surface area contributed by atoms with E-state index >= 15 is 0 Å². The zero-order valence-corrected chi connectivity index (χ0v) is 19.4. The summed E-state index contributed by atoms with van der Waals surface area (Å²) in [6.07, 6.45) is 1.72. The SMILES string of the molecule is COc1cc(C=C2SC(=Nc3cccc(C)c3)NC2=O)ccc1OC(=O)c1ccccc1Cl. The van der Waals surface area contributed by atoms with Crippen molar-refractivity contribution in [2.75, 3.05) is 7.11 Å². The number of rotatable bonds is 5. The van der Waals surface area contributed by atoms with Gasteiger partial charge < -0.3 is 14.8 Å². The topological polar surface area (TPSA) is 77.0 Å². The first kappa shape index (κ1) is 22.6. The summed E-state index contributed by atoms with van der Waals surface area (Å²) in [5.74, 6) is -0.232. The van der Waals surface area contributed by atoms with E-state index in [1.54, 1.807) is 48.5 Å². The number of benzene rings is 3. The number of methoxy groups -OCH3 is 1. The molecule has 4 rings (SSSR count). The van der Waals surface area contributed by atoms with Gasteiger partial charge in [0.2, 0.25) is 0 Å². The minimum absolute atomic E-state index is 0.236. The highest BCUT2D eigenvalue weighted by atomic mass is 35.5. The molecule has 1 saturated heterocycles. The summed E-state index contributed by atoms with van der Waals surface area (Å²) in [5.41, 5.74) is 2.82. The maximum Gasteiger partial charge on any atom is 0.345 e. The largest absolute Gasteiger partial charge is 0.493 e. The van der Waals surface area contributed by atoms with Crippen LogP contribution in [-0.2, 0) is 4.79 Å². The van der Waals surface area contributed by atoms with Crippen LogP contribution in [0.2, 0.25) is 5.02 Å². The first-order valence-electron chi connectivity index (χ1n) is 9.94. The van der Waals surface area contributed by atoms with Crippen molar-refractivity contribution >= 4 is 52.2 Å². The summed E-state index contributed by atoms with van der Waals surface area (Å²) in [7, 11) is 1.47. The van der Waals surface area contributed by atoms with Crippen molar-refractivity contribution < 1.29 is 19.1 Å². The standard InChI is InChI=1S/C25H19ClN2O4S/c1-15-6-5-7-17(12-15)27-25-28-23(29)22(33-25)14-16-10-11-20(21(13-16)31-2)32-24(30)18-8-3-4-9-19(18)26/h3-14H,1-2H3,(H,27,28,29). The number of carbonyl (C=O) groups is 2. The average molecular weight is 479 g/mol. The third kappa shape index (κ3) is 5.45. The van der Waals surface area contributed by atoms with Crippen molar-refractivity contribution in [1.29, 1.82) is 0 Å². The maximum absolute atomic E-state index is 12.5. The molecule has 0 bridgehead atoms. The zero-order chi connectivity index (χ0) is 23.4. The molecule has 6 nitrogen and oxygen atoms in total. The minimum Gasteiger partial charge on any atom is -0.493 e. The van der Waals surface area contributed by atoms with Gasteiger partial charge in [-0.15, -0.1) is 0 Å². The highest BCUT2D eigenvalue weighted by Gasteiger charge is 2.24. The van der Waals surface area contributed by atoms with Crippen LogP contribution >= 0.6 is 23.4 Å². The van der Waals surface area contributed by atoms with Crippen molar-refractivity contribution in [2.45, 2.75) is 6.92 Å². The fourth-order valence-electron chi connectivity index (χ4n) is 3.09. The molecule has 3 aromatic carbocycles. The van der Waals surface area contributed by atoms with E-state index in [4.69, 9.17) is 21.1 Å². The lowest BCUT2D eigenvalue weighted by molar-refractivity contribution is -0.115. The molecule has 33 heavy (non-hydrogen) atoms. The lowest BCUT2D eigenvalue weighted by Crippen LogP contribution is -2.19. The van der Waals surface area contributed by atoms with E-state index in [1.807, 2.05) is 31.2 Å². The van der Waals surface area contributed by atoms with Gasteiger partial charge in [0.25, 0.3) is 5.91 Å². The van der Waals surface area contributed by atoms with E-state index in [-0.39, 0.29) is 17.2 Å². The highest BCUT2D eigenvalue weighted by Crippen LogP contribution is 2.33. The fourth-order valence-corrected chi connectivity index (χ4v) is 4.14. The number of hydrogen-bond donors (Lipinski definition) is 1. The van der Waals surface area contributed by atoms with Crippen LogP contribution in [-0.4, -0.2) is 24.2 Å². The maximum atomic E-state index is 12.5. The monoisotopic (exact) mass is 478 g/mol. The molecule has 0 saturated carbocycles. The molecule has 8 heteroatoms. The number of thioether (sulfide) groups is 1. The molecule has 0 aromatic heterocycles. The second-order valence-electron chi connectivity index (χ2n) is 7.10. The number of hydrogen-bond acceptors (Lipinski definition) is 6. The molecule has 1 aliphatic rings. The molecule has 1 heterocycles. The van der Waals surface area contributed by atoms with Gasteiger partial charge in [-0.25, -0.2) is 9.79 Å². The highest BCUT2D eigenvalue weighted by molar-refractivity contribution is 8.18. The van der Waals surface area contributed by atoms with Crippen molar-refractivity contribution in [3.63, 3.8) is 0 Å². The van der Waals surface area contributed by atoms with Gasteiger partial charge in [0, 0.05) is 0 Å². The van der Waals surface area contributed by atoms with E-state index in [2.05, 4.69) is 10.3 Å². The Hall–Kier alpha value is -3.55. The Morgan fingerprint density at radius 3 is 2.64 bits per heavy atom. The van der Waals surface area contributed by atoms with Crippen LogP contribution in [0.5, 0.6) is 11.5 Å². The summed E-state index contributed by atoms with van der Waals surface area (Å²) >= 11 is 7.32. The predicted molar refractivity (Wildman–Crippen MR) is 131 cm³/mol. The van der Waals surface area contributed by atoms with Crippen LogP contribution in [0.4, 0.5) is 5.69 Å². The van der Waals surface area contributed by atoms with Gasteiger partial charge in [-0.05, 0) is 72.3 Å². The number of amidine groups is 1. The van der Waals surface area contributed by atoms with Crippen molar-refractivity contribution in [3.05, 3.63) is 93.3 Å². The molecule has 0 unspecified atom stereocenters. The minimum atomic E-state index is -0.590. The Morgan fingerprint density at radius 1 is 1.06 bits per heavy atom. The second kappa shape index (κ2) is 9.94. The van der Waals surface area contributed by atoms with E-state index < -0.39 is 5.97 Å². The Bertz CT molecular complexity index is 1300. The number of esters is 1. The summed E-state index contributed by atoms with van der Waals surface area (Å²) in [6, 6.07) is 19.4. The van der Waals surface area contributed by atoms with E-state index in [1.165, 1.54) is 18.9 Å². The number of nitrogens with zero attached hydrogens (tertiary/aromatic N) is 1. The first-order valence-corrected chi connectivity index (χ1v) is 11.1. The van der Waals surface area contributed by atoms with Crippen molar-refractivity contribution in [3.8, 4) is 11.5 Å². The molecule has 0 radical (unpaired) electrons. The average Bonchev–Trinajstić information content (AvgIpc) is 3.13. The zero-order valence-electron chi connectivity index (χ0n) is 17.8. The third-order valence-electron chi connectivity index (χ3n) is 4.67. The molecule has 1 amide bonds. The molecule has 1 aliphatic heterocycles. The fraction of sp³-hybridized carbons (Fsp3) is 0.0800. The van der Waals surface area contributed by atoms with Gasteiger partial charge in [-0.2, -0.15) is 0 Å². The van der Waals surface area contributed by atoms with Crippen molar-refractivity contribution in [1.82, 2.24) is 5.32 Å². The van der Waals surface area contributed by atoms with Crippen LogP contribution in [0, 0.1) is 6.92 Å². The molecule has 1 N–H and O–H groups in total. The lowest BCUT2D eigenvalue weighted by atomic mass is 10.2. The summed E-state index contributed by atoms with van der Waals surface area (Å²) in [4.78, 5) is 29.9. The number of halogens is 1. The summed E-state index contributed by atoms with van der Waals surface area (Å²) in [6.45, 7) is 1.98. The van der Waals surface area contributed by atoms with Crippen LogP contribution in [0.15, 0.2) is 76.6 Å². The number of aryl methyl sites for hydroxylation is 1. The van der Waals surface area contributed by atoms with E-state index in [0.717, 1.165) is 11.3 Å². The molecular formula is C25H19ClN2O4S. The molecule has 1 fully saturated rings. The Morgan fingerprint density at radius 2 is 1.88 bits per heavy atom. The number of carbonyl (C=O) groups excluding carboxylic acids is 2. The Balaban J connectivity index is 1.53. The van der Waals surface area contributed by atoms with Crippen LogP contribution in [0.3, 0.4) is 0 Å². The quantitative estimate of drug-likeness (QED) is 0.286. The summed E-state index contributed by atoms with van der Waals surface area (Å²) < 4.78 is 10.9. The summed E-state index contributed by atoms with van der Waals surface area (Å²) in [5, 5.41) is 3.58. The van der Waals surface area contributed by atoms with Gasteiger partial charge in [-0.1, -0.05) is 41.9 Å². The number of amides is 1. The molecule has 166 valence electrons. The molecule has 0 spiro atoms. The van der Waals surface area contributed by atoms with E-state index in [9.17, 15) is 9.59 Å². The van der Waals surface area contributed by atoms with Gasteiger partial charge >= 0.3 is 5.97 Å². The number of ether oxygens (including phenoxy) is 2. The van der Waals surface area contributed by atoms with Crippen LogP contribution in [0.25, 0.3) is 6.08 Å². The van der Waals surface area contributed by atoms with Crippen LogP contribution in [0.1, 0.15) is 21.5 Å². The Kier molecular flexibility index (Phi) is 6.82. The molecule has 3 aromatic rings. The smallest absolute Gasteiger partial charge is 0.345 e. The van der Waals surface area contributed by atoms with Gasteiger partial charge in [0.1, 0.15) is 0 Å². The van der Waals surface area contributed by atoms with Crippen LogP contribution < -0.4 is 14.8 Å². The molecule has 0 aliphatic carbocycles. The third-order valence-corrected chi connectivity index (χ3v) is 5.90. The van der Waals surface area contributed by atoms with Gasteiger partial charge in [0.15, 0.2) is 16.7 Å².